The van der Waals surface area contributed by atoms with Crippen molar-refractivity contribution in [1.82, 2.24) is 4.90 Å². The van der Waals surface area contributed by atoms with Crippen LogP contribution in [-0.4, -0.2) is 54.7 Å². The average molecular weight is 242 g/mol. The Morgan fingerprint density at radius 3 is 2.59 bits per heavy atom. The molecule has 0 radical (unpaired) electrons. The summed E-state index contributed by atoms with van der Waals surface area (Å²) in [5.41, 5.74) is 5.72. The van der Waals surface area contributed by atoms with Gasteiger partial charge in [0.2, 0.25) is 0 Å². The topological polar surface area (TPSA) is 92.9 Å². The SMILES string of the molecule is NC[C@@H]1CN(C(=O)C(=O)O)CC12CCOCC2. The number of rotatable bonds is 1. The van der Waals surface area contributed by atoms with Crippen LogP contribution in [0.2, 0.25) is 0 Å². The molecular weight excluding hydrogens is 224 g/mol. The molecule has 2 aliphatic rings. The molecule has 0 aliphatic carbocycles. The molecule has 2 fully saturated rings. The Morgan fingerprint density at radius 1 is 1.41 bits per heavy atom. The predicted molar refractivity (Wildman–Crippen MR) is 59.2 cm³/mol. The highest BCUT2D eigenvalue weighted by molar-refractivity contribution is 6.31. The van der Waals surface area contributed by atoms with E-state index in [1.54, 1.807) is 0 Å². The molecule has 6 heteroatoms. The second kappa shape index (κ2) is 4.62. The van der Waals surface area contributed by atoms with Crippen LogP contribution in [0.25, 0.3) is 0 Å². The van der Waals surface area contributed by atoms with E-state index in [9.17, 15) is 9.59 Å². The number of hydrogen-bond donors (Lipinski definition) is 2. The number of amides is 1. The Bertz CT molecular complexity index is 325. The lowest BCUT2D eigenvalue weighted by atomic mass is 9.72. The first-order chi connectivity index (χ1) is 8.09. The first-order valence-electron chi connectivity index (χ1n) is 5.89. The zero-order chi connectivity index (χ0) is 12.5. The van der Waals surface area contributed by atoms with Gasteiger partial charge in [-0.3, -0.25) is 4.79 Å². The second-order valence-corrected chi connectivity index (χ2v) is 4.90. The van der Waals surface area contributed by atoms with Crippen LogP contribution >= 0.6 is 0 Å². The molecule has 17 heavy (non-hydrogen) atoms. The van der Waals surface area contributed by atoms with Gasteiger partial charge in [-0.05, 0) is 30.7 Å². The molecule has 0 saturated carbocycles. The van der Waals surface area contributed by atoms with Crippen LogP contribution in [0.4, 0.5) is 0 Å². The third kappa shape index (κ3) is 2.14. The predicted octanol–water partition coefficient (Wildman–Crippen LogP) is -0.715. The zero-order valence-electron chi connectivity index (χ0n) is 9.72. The standard InChI is InChI=1S/C11H18N2O4/c12-5-8-6-13(9(14)10(15)16)7-11(8)1-3-17-4-2-11/h8H,1-7,12H2,(H,15,16)/t8-/m1/s1. The summed E-state index contributed by atoms with van der Waals surface area (Å²) in [6.07, 6.45) is 1.72. The summed E-state index contributed by atoms with van der Waals surface area (Å²) >= 11 is 0. The number of nitrogens with two attached hydrogens (primary N) is 1. The molecule has 2 aliphatic heterocycles. The lowest BCUT2D eigenvalue weighted by molar-refractivity contribution is -0.155. The molecule has 0 aromatic heterocycles. The Morgan fingerprint density at radius 2 is 2.06 bits per heavy atom. The Labute approximate surface area is 99.7 Å². The van der Waals surface area contributed by atoms with Crippen LogP contribution in [0.15, 0.2) is 0 Å². The Kier molecular flexibility index (Phi) is 3.35. The zero-order valence-corrected chi connectivity index (χ0v) is 9.72. The fourth-order valence-electron chi connectivity index (χ4n) is 2.99. The molecule has 6 nitrogen and oxygen atoms in total. The summed E-state index contributed by atoms with van der Waals surface area (Å²) in [7, 11) is 0. The van der Waals surface area contributed by atoms with Gasteiger partial charge in [0.25, 0.3) is 0 Å². The maximum Gasteiger partial charge on any atom is 0.394 e. The lowest BCUT2D eigenvalue weighted by Gasteiger charge is -2.37. The third-order valence-corrected chi connectivity index (χ3v) is 4.06. The van der Waals surface area contributed by atoms with Crippen LogP contribution in [0.3, 0.4) is 0 Å². The van der Waals surface area contributed by atoms with Gasteiger partial charge in [-0.1, -0.05) is 0 Å². The van der Waals surface area contributed by atoms with Crippen LogP contribution in [0.5, 0.6) is 0 Å². The fourth-order valence-corrected chi connectivity index (χ4v) is 2.99. The summed E-state index contributed by atoms with van der Waals surface area (Å²) in [6.45, 7) is 2.80. The highest BCUT2D eigenvalue weighted by atomic mass is 16.5. The third-order valence-electron chi connectivity index (χ3n) is 4.06. The summed E-state index contributed by atoms with van der Waals surface area (Å²) in [4.78, 5) is 23.6. The van der Waals surface area contributed by atoms with E-state index in [2.05, 4.69) is 0 Å². The molecule has 2 saturated heterocycles. The number of carboxylic acid groups (broad SMARTS) is 1. The first kappa shape index (κ1) is 12.3. The van der Waals surface area contributed by atoms with Crippen LogP contribution in [-0.2, 0) is 14.3 Å². The van der Waals surface area contributed by atoms with E-state index >= 15 is 0 Å². The van der Waals surface area contributed by atoms with Crippen molar-refractivity contribution in [3.8, 4) is 0 Å². The first-order valence-corrected chi connectivity index (χ1v) is 5.89. The number of carboxylic acids is 1. The van der Waals surface area contributed by atoms with Crippen molar-refractivity contribution in [2.45, 2.75) is 12.8 Å². The van der Waals surface area contributed by atoms with Crippen LogP contribution in [0, 0.1) is 11.3 Å². The minimum absolute atomic E-state index is 0.0297. The van der Waals surface area contributed by atoms with E-state index in [-0.39, 0.29) is 11.3 Å². The van der Waals surface area contributed by atoms with E-state index < -0.39 is 11.9 Å². The second-order valence-electron chi connectivity index (χ2n) is 4.90. The van der Waals surface area contributed by atoms with Crippen LogP contribution in [0.1, 0.15) is 12.8 Å². The minimum Gasteiger partial charge on any atom is -0.474 e. The molecule has 0 aromatic carbocycles. The molecule has 3 N–H and O–H groups in total. The van der Waals surface area contributed by atoms with Crippen molar-refractivity contribution in [3.05, 3.63) is 0 Å². The van der Waals surface area contributed by atoms with Gasteiger partial charge in [-0.25, -0.2) is 4.79 Å². The monoisotopic (exact) mass is 242 g/mol. The molecule has 1 atom stereocenters. The number of ether oxygens (including phenoxy) is 1. The van der Waals surface area contributed by atoms with Crippen LogP contribution < -0.4 is 5.73 Å². The number of aliphatic carboxylic acids is 1. The number of nitrogens with zero attached hydrogens (tertiary/aromatic N) is 1. The molecular formula is C11H18N2O4. The number of likely N-dealkylation sites (tertiary alicyclic amines) is 1. The van der Waals surface area contributed by atoms with Crippen molar-refractivity contribution in [2.24, 2.45) is 17.1 Å². The Balaban J connectivity index is 2.12. The van der Waals surface area contributed by atoms with Crippen molar-refractivity contribution in [1.29, 1.82) is 0 Å². The molecule has 2 heterocycles. The van der Waals surface area contributed by atoms with Crippen molar-refractivity contribution in [2.75, 3.05) is 32.8 Å². The molecule has 2 rings (SSSR count). The van der Waals surface area contributed by atoms with Crippen molar-refractivity contribution >= 4 is 11.9 Å². The molecule has 96 valence electrons. The maximum absolute atomic E-state index is 11.5. The van der Waals surface area contributed by atoms with E-state index in [0.717, 1.165) is 12.8 Å². The van der Waals surface area contributed by atoms with Gasteiger partial charge >= 0.3 is 11.9 Å². The normalized spacial score (nSPS) is 27.4. The average Bonchev–Trinajstić information content (AvgIpc) is 2.67. The summed E-state index contributed by atoms with van der Waals surface area (Å²) in [6, 6.07) is 0. The summed E-state index contributed by atoms with van der Waals surface area (Å²) in [5, 5.41) is 8.74. The minimum atomic E-state index is -1.38. The number of hydrogen-bond acceptors (Lipinski definition) is 4. The van der Waals surface area contributed by atoms with Crippen molar-refractivity contribution < 1.29 is 19.4 Å². The van der Waals surface area contributed by atoms with Gasteiger partial charge in [-0.15, -0.1) is 0 Å². The Hall–Kier alpha value is -1.14. The quantitative estimate of drug-likeness (QED) is 0.592. The summed E-state index contributed by atoms with van der Waals surface area (Å²) in [5.74, 6) is -2.01. The summed E-state index contributed by atoms with van der Waals surface area (Å²) < 4.78 is 5.33. The number of carbonyl (C=O) groups is 2. The highest BCUT2D eigenvalue weighted by Crippen LogP contribution is 2.43. The molecule has 1 amide bonds. The lowest BCUT2D eigenvalue weighted by Crippen LogP contribution is -2.40. The highest BCUT2D eigenvalue weighted by Gasteiger charge is 2.48. The van der Waals surface area contributed by atoms with E-state index in [1.807, 2.05) is 0 Å². The van der Waals surface area contributed by atoms with E-state index in [4.69, 9.17) is 15.6 Å². The van der Waals surface area contributed by atoms with Gasteiger partial charge in [0.15, 0.2) is 0 Å². The molecule has 1 spiro atoms. The van der Waals surface area contributed by atoms with Crippen molar-refractivity contribution in [3.63, 3.8) is 0 Å². The fraction of sp³-hybridized carbons (Fsp3) is 0.818. The molecule has 0 unspecified atom stereocenters. The van der Waals surface area contributed by atoms with E-state index in [0.29, 0.717) is 32.8 Å². The van der Waals surface area contributed by atoms with Gasteiger partial charge in [0, 0.05) is 26.3 Å². The van der Waals surface area contributed by atoms with Gasteiger partial charge in [0.1, 0.15) is 0 Å². The smallest absolute Gasteiger partial charge is 0.394 e. The largest absolute Gasteiger partial charge is 0.474 e. The maximum atomic E-state index is 11.5. The van der Waals surface area contributed by atoms with Gasteiger partial charge < -0.3 is 20.5 Å². The molecule has 0 bridgehead atoms. The van der Waals surface area contributed by atoms with E-state index in [1.165, 1.54) is 4.90 Å². The number of carbonyl (C=O) groups excluding carboxylic acids is 1. The molecule has 0 aromatic rings. The van der Waals surface area contributed by atoms with Gasteiger partial charge in [0.05, 0.1) is 0 Å². The van der Waals surface area contributed by atoms with Gasteiger partial charge in [-0.2, -0.15) is 0 Å².